The number of nitrogens with one attached hydrogen (secondary N) is 2. The molecule has 0 aliphatic carbocycles. The van der Waals surface area contributed by atoms with Crippen molar-refractivity contribution in [2.45, 2.75) is 26.8 Å². The molecule has 132 valence electrons. The van der Waals surface area contributed by atoms with Gasteiger partial charge < -0.3 is 10.6 Å². The molecular formula is C20H21N5O. The van der Waals surface area contributed by atoms with Crippen LogP contribution in [0.1, 0.15) is 30.0 Å². The first kappa shape index (κ1) is 17.5. The van der Waals surface area contributed by atoms with Gasteiger partial charge in [0.15, 0.2) is 0 Å². The molecule has 0 aliphatic rings. The smallest absolute Gasteiger partial charge is 0.257 e. The minimum Gasteiger partial charge on any atom is -0.368 e. The summed E-state index contributed by atoms with van der Waals surface area (Å²) in [4.78, 5) is 25.2. The number of aromatic nitrogens is 3. The fraction of sp³-hybridized carbons (Fsp3) is 0.200. The first-order valence-corrected chi connectivity index (χ1v) is 8.45. The predicted octanol–water partition coefficient (Wildman–Crippen LogP) is 3.92. The molecule has 0 saturated carbocycles. The van der Waals surface area contributed by atoms with Crippen molar-refractivity contribution in [1.29, 1.82) is 0 Å². The second kappa shape index (κ2) is 7.74. The molecule has 1 aromatic carbocycles. The highest BCUT2D eigenvalue weighted by molar-refractivity contribution is 6.04. The summed E-state index contributed by atoms with van der Waals surface area (Å²) in [7, 11) is 0. The van der Waals surface area contributed by atoms with Crippen LogP contribution in [0.4, 0.5) is 11.5 Å². The van der Waals surface area contributed by atoms with Crippen molar-refractivity contribution < 1.29 is 4.79 Å². The van der Waals surface area contributed by atoms with Crippen LogP contribution in [0.3, 0.4) is 0 Å². The van der Waals surface area contributed by atoms with E-state index in [4.69, 9.17) is 0 Å². The van der Waals surface area contributed by atoms with Gasteiger partial charge in [-0.2, -0.15) is 0 Å². The molecule has 0 atom stereocenters. The zero-order valence-corrected chi connectivity index (χ0v) is 15.0. The lowest BCUT2D eigenvalue weighted by atomic mass is 10.1. The van der Waals surface area contributed by atoms with Crippen LogP contribution in [0.2, 0.25) is 0 Å². The number of hydrogen-bond donors (Lipinski definition) is 2. The van der Waals surface area contributed by atoms with Crippen LogP contribution in [0.25, 0.3) is 11.3 Å². The SMILES string of the molecule is Cc1nccc(-c2cccc(NC(=O)c3ccc(NC(C)C)nc3)c2)n1. The molecule has 6 nitrogen and oxygen atoms in total. The Morgan fingerprint density at radius 3 is 2.62 bits per heavy atom. The topological polar surface area (TPSA) is 79.8 Å². The van der Waals surface area contributed by atoms with E-state index in [0.29, 0.717) is 17.1 Å². The summed E-state index contributed by atoms with van der Waals surface area (Å²) < 4.78 is 0. The average Bonchev–Trinajstić information content (AvgIpc) is 2.62. The quantitative estimate of drug-likeness (QED) is 0.731. The molecule has 0 aliphatic heterocycles. The Bertz CT molecular complexity index is 906. The highest BCUT2D eigenvalue weighted by atomic mass is 16.1. The third-order valence-electron chi connectivity index (χ3n) is 3.65. The van der Waals surface area contributed by atoms with E-state index in [1.54, 1.807) is 24.5 Å². The molecule has 2 N–H and O–H groups in total. The molecule has 1 amide bonds. The number of amides is 1. The molecule has 0 radical (unpaired) electrons. The Kier molecular flexibility index (Phi) is 5.22. The van der Waals surface area contributed by atoms with Crippen molar-refractivity contribution >= 4 is 17.4 Å². The zero-order valence-electron chi connectivity index (χ0n) is 15.0. The molecule has 0 unspecified atom stereocenters. The minimum atomic E-state index is -0.204. The van der Waals surface area contributed by atoms with Crippen molar-refractivity contribution in [3.63, 3.8) is 0 Å². The van der Waals surface area contributed by atoms with Crippen LogP contribution < -0.4 is 10.6 Å². The number of benzene rings is 1. The number of aryl methyl sites for hydroxylation is 1. The van der Waals surface area contributed by atoms with Gasteiger partial charge in [-0.15, -0.1) is 0 Å². The lowest BCUT2D eigenvalue weighted by molar-refractivity contribution is 0.102. The molecule has 0 bridgehead atoms. The molecule has 2 aromatic heterocycles. The highest BCUT2D eigenvalue weighted by Gasteiger charge is 2.08. The summed E-state index contributed by atoms with van der Waals surface area (Å²) in [6, 6.07) is 13.3. The fourth-order valence-electron chi connectivity index (χ4n) is 2.49. The Morgan fingerprint density at radius 2 is 1.92 bits per heavy atom. The third-order valence-corrected chi connectivity index (χ3v) is 3.65. The van der Waals surface area contributed by atoms with Crippen LogP contribution in [-0.2, 0) is 0 Å². The van der Waals surface area contributed by atoms with Crippen LogP contribution in [0.15, 0.2) is 54.9 Å². The van der Waals surface area contributed by atoms with Gasteiger partial charge >= 0.3 is 0 Å². The van der Waals surface area contributed by atoms with Gasteiger partial charge in [0.1, 0.15) is 11.6 Å². The van der Waals surface area contributed by atoms with Crippen molar-refractivity contribution in [2.75, 3.05) is 10.6 Å². The van der Waals surface area contributed by atoms with Crippen LogP contribution in [0.5, 0.6) is 0 Å². The summed E-state index contributed by atoms with van der Waals surface area (Å²) >= 11 is 0. The summed E-state index contributed by atoms with van der Waals surface area (Å²) in [6.07, 6.45) is 3.29. The molecule has 6 heteroatoms. The van der Waals surface area contributed by atoms with E-state index in [1.165, 1.54) is 0 Å². The van der Waals surface area contributed by atoms with Crippen LogP contribution in [-0.4, -0.2) is 26.9 Å². The maximum atomic E-state index is 12.5. The summed E-state index contributed by atoms with van der Waals surface area (Å²) in [5.74, 6) is 1.25. The van der Waals surface area contributed by atoms with E-state index in [-0.39, 0.29) is 11.9 Å². The first-order valence-electron chi connectivity index (χ1n) is 8.45. The van der Waals surface area contributed by atoms with Crippen molar-refractivity contribution in [3.05, 3.63) is 66.2 Å². The average molecular weight is 347 g/mol. The molecular weight excluding hydrogens is 326 g/mol. The monoisotopic (exact) mass is 347 g/mol. The van der Waals surface area contributed by atoms with Crippen molar-refractivity contribution in [3.8, 4) is 11.3 Å². The van der Waals surface area contributed by atoms with Crippen molar-refractivity contribution in [1.82, 2.24) is 15.0 Å². The normalized spacial score (nSPS) is 10.6. The Hall–Kier alpha value is -3.28. The molecule has 2 heterocycles. The largest absolute Gasteiger partial charge is 0.368 e. The maximum Gasteiger partial charge on any atom is 0.257 e. The number of anilines is 2. The second-order valence-corrected chi connectivity index (χ2v) is 6.26. The number of pyridine rings is 1. The van der Waals surface area contributed by atoms with Gasteiger partial charge in [0.25, 0.3) is 5.91 Å². The van der Waals surface area contributed by atoms with E-state index in [2.05, 4.69) is 25.6 Å². The standard InChI is InChI=1S/C20H21N5O/c1-13(2)23-19-8-7-16(12-22-19)20(26)25-17-6-4-5-15(11-17)18-9-10-21-14(3)24-18/h4-13H,1-3H3,(H,22,23)(H,25,26). The summed E-state index contributed by atoms with van der Waals surface area (Å²) in [5, 5.41) is 6.10. The van der Waals surface area contributed by atoms with Gasteiger partial charge in [-0.3, -0.25) is 4.79 Å². The lowest BCUT2D eigenvalue weighted by Gasteiger charge is -2.10. The molecule has 0 spiro atoms. The van der Waals surface area contributed by atoms with E-state index in [1.807, 2.05) is 51.1 Å². The first-order chi connectivity index (χ1) is 12.5. The van der Waals surface area contributed by atoms with E-state index in [9.17, 15) is 4.79 Å². The van der Waals surface area contributed by atoms with Gasteiger partial charge in [0.05, 0.1) is 11.3 Å². The van der Waals surface area contributed by atoms with E-state index in [0.717, 1.165) is 17.1 Å². The fourth-order valence-corrected chi connectivity index (χ4v) is 2.49. The Labute approximate surface area is 152 Å². The lowest BCUT2D eigenvalue weighted by Crippen LogP contribution is -2.14. The number of nitrogens with zero attached hydrogens (tertiary/aromatic N) is 3. The predicted molar refractivity (Wildman–Crippen MR) is 103 cm³/mol. The molecule has 3 aromatic rings. The van der Waals surface area contributed by atoms with E-state index < -0.39 is 0 Å². The summed E-state index contributed by atoms with van der Waals surface area (Å²) in [6.45, 7) is 5.92. The second-order valence-electron chi connectivity index (χ2n) is 6.26. The molecule has 0 saturated heterocycles. The van der Waals surface area contributed by atoms with Gasteiger partial charge in [0, 0.05) is 29.7 Å². The number of rotatable bonds is 5. The van der Waals surface area contributed by atoms with E-state index >= 15 is 0 Å². The Balaban J connectivity index is 1.74. The summed E-state index contributed by atoms with van der Waals surface area (Å²) in [5.41, 5.74) is 2.94. The van der Waals surface area contributed by atoms with Crippen LogP contribution in [0, 0.1) is 6.92 Å². The maximum absolute atomic E-state index is 12.5. The van der Waals surface area contributed by atoms with Gasteiger partial charge in [-0.25, -0.2) is 15.0 Å². The number of hydrogen-bond acceptors (Lipinski definition) is 5. The van der Waals surface area contributed by atoms with Gasteiger partial charge in [-0.1, -0.05) is 12.1 Å². The minimum absolute atomic E-state index is 0.204. The van der Waals surface area contributed by atoms with Gasteiger partial charge in [0.2, 0.25) is 0 Å². The van der Waals surface area contributed by atoms with Gasteiger partial charge in [-0.05, 0) is 51.1 Å². The number of carbonyl (C=O) groups is 1. The Morgan fingerprint density at radius 1 is 1.08 bits per heavy atom. The third kappa shape index (κ3) is 4.42. The zero-order chi connectivity index (χ0) is 18.5. The molecule has 0 fully saturated rings. The molecule has 26 heavy (non-hydrogen) atoms. The van der Waals surface area contributed by atoms with Crippen LogP contribution >= 0.6 is 0 Å². The molecule has 3 rings (SSSR count). The number of carbonyl (C=O) groups excluding carboxylic acids is 1. The highest BCUT2D eigenvalue weighted by Crippen LogP contribution is 2.21. The van der Waals surface area contributed by atoms with Crippen molar-refractivity contribution in [2.24, 2.45) is 0 Å².